The molecule has 111 heavy (non-hydrogen) atoms. The summed E-state index contributed by atoms with van der Waals surface area (Å²) >= 11 is 0. The molecule has 6 aromatic carbocycles. The summed E-state index contributed by atoms with van der Waals surface area (Å²) in [5.41, 5.74) is 38.6. The molecule has 12 aromatic rings. The van der Waals surface area contributed by atoms with E-state index in [9.17, 15) is 14.4 Å². The first-order chi connectivity index (χ1) is 53.9. The Hall–Kier alpha value is -11.8. The van der Waals surface area contributed by atoms with Crippen molar-refractivity contribution < 1.29 is 19.1 Å². The molecule has 6 aromatic heterocycles. The van der Waals surface area contributed by atoms with Crippen molar-refractivity contribution in [3.8, 4) is 33.4 Å². The number of morpholine rings is 1. The maximum Gasteiger partial charge on any atom is 0.323 e. The van der Waals surface area contributed by atoms with Crippen molar-refractivity contribution in [2.75, 3.05) is 122 Å². The molecule has 5 fully saturated rings. The predicted molar refractivity (Wildman–Crippen MR) is 444 cm³/mol. The lowest BCUT2D eigenvalue weighted by atomic mass is 10.0. The van der Waals surface area contributed by atoms with Crippen molar-refractivity contribution in [2.24, 2.45) is 21.1 Å². The summed E-state index contributed by atoms with van der Waals surface area (Å²) in [6, 6.07) is 53.0. The number of carbonyl (C=O) groups is 3. The van der Waals surface area contributed by atoms with E-state index in [1.807, 2.05) is 130 Å². The van der Waals surface area contributed by atoms with Crippen LogP contribution < -0.4 is 49.1 Å². The number of aromatic nitrogens is 9. The standard InChI is InChI=1S/C29H34N8O.C28H31N7O2.C28H33N7O/c1-35-13-15-37(16-14-35)18-19-3-9-22(10-4-19)31-29(38)32-23-11-7-20(8-12-23)24-17-25(21-5-6-21)33-28-26(24)27(30)34-36(28)2;1-34-27-25(26(29)33-34)23(16-24(32-27)20-4-5-20)19-6-10-22(11-7-19)31-28(36)30-21-8-2-18(3-9-21)17-35-12-14-37-15-13-35;1-4-35(5-2)17-18-6-12-21(13-7-18)30-28(36)31-22-14-10-19(11-15-22)23-16-24(20-8-9-20)32-27-25(23)26(29)33-34(27)3/h3-4,7-12,17,21H,5-6,13-16,18H2,1-2H3,(H2,30,34)(H2,31,32,38);2-3,6-11,16,20H,4-5,12-15,17H2,1H3,(H2,29,33)(H2,30,31,36);6-7,10-16,20H,4-5,8-9,17H2,1-3H3,(H2,29,33)(H2,30,31,36). The molecule has 8 heterocycles. The number of rotatable bonds is 20. The summed E-state index contributed by atoms with van der Waals surface area (Å²) in [4.78, 5) is 61.8. The molecule has 6 amide bonds. The van der Waals surface area contributed by atoms with Crippen LogP contribution in [0.2, 0.25) is 0 Å². The van der Waals surface area contributed by atoms with Crippen LogP contribution in [0, 0.1) is 0 Å². The summed E-state index contributed by atoms with van der Waals surface area (Å²) < 4.78 is 10.7. The van der Waals surface area contributed by atoms with Gasteiger partial charge in [0.2, 0.25) is 0 Å². The minimum absolute atomic E-state index is 0.275. The molecule has 2 saturated heterocycles. The summed E-state index contributed by atoms with van der Waals surface area (Å²) in [5, 5.41) is 33.3. The van der Waals surface area contributed by atoms with E-state index in [1.54, 1.807) is 14.0 Å². The smallest absolute Gasteiger partial charge is 0.323 e. The van der Waals surface area contributed by atoms with Crippen LogP contribution in [0.25, 0.3) is 66.5 Å². The Morgan fingerprint density at radius 1 is 0.396 bits per heavy atom. The first kappa shape index (κ1) is 74.6. The molecule has 0 radical (unpaired) electrons. The van der Waals surface area contributed by atoms with Crippen LogP contribution in [-0.2, 0) is 45.5 Å². The zero-order valence-electron chi connectivity index (χ0n) is 63.9. The van der Waals surface area contributed by atoms with E-state index in [0.29, 0.717) is 52.3 Å². The maximum atomic E-state index is 12.6. The van der Waals surface area contributed by atoms with Gasteiger partial charge in [0.15, 0.2) is 34.4 Å². The van der Waals surface area contributed by atoms with Gasteiger partial charge in [-0.3, -0.25) is 14.7 Å². The second-order valence-electron chi connectivity index (χ2n) is 29.7. The fraction of sp³-hybridized carbons (Fsp3) is 0.329. The van der Waals surface area contributed by atoms with E-state index in [2.05, 4.69) is 142 Å². The molecule has 26 nitrogen and oxygen atoms in total. The van der Waals surface area contributed by atoms with Gasteiger partial charge in [-0.1, -0.05) is 86.6 Å². The lowest BCUT2D eigenvalue weighted by Crippen LogP contribution is -2.43. The topological polar surface area (TPSA) is 316 Å². The molecule has 0 bridgehead atoms. The SMILES string of the molecule is CCN(CC)Cc1ccc(NC(=O)Nc2ccc(-c3cc(C4CC4)nc4c3c(N)nn4C)cc2)cc1.CN1CCN(Cc2ccc(NC(=O)Nc3ccc(-c4cc(C5CC5)nc5c4c(N)nn5C)cc3)cc2)CC1.Cn1nc(N)c2c(-c3ccc(NC(=O)Nc4ccc(CN5CCOCC5)cc4)cc3)cc(C3CC3)nc21. The van der Waals surface area contributed by atoms with Gasteiger partial charge in [0.1, 0.15) is 0 Å². The number of likely N-dealkylation sites (N-methyl/N-ethyl adjacent to an activating group) is 1. The van der Waals surface area contributed by atoms with E-state index < -0.39 is 0 Å². The summed E-state index contributed by atoms with van der Waals surface area (Å²) in [7, 11) is 7.78. The summed E-state index contributed by atoms with van der Waals surface area (Å²) in [6.45, 7) is 16.9. The van der Waals surface area contributed by atoms with Crippen LogP contribution >= 0.6 is 0 Å². The number of nitrogens with zero attached hydrogens (tertiary/aromatic N) is 13. The Kier molecular flexibility index (Phi) is 22.3. The third-order valence-electron chi connectivity index (χ3n) is 21.3. The highest BCUT2D eigenvalue weighted by Crippen LogP contribution is 2.46. The van der Waals surface area contributed by atoms with Crippen LogP contribution in [0.5, 0.6) is 0 Å². The Morgan fingerprint density at radius 3 is 0.964 bits per heavy atom. The number of nitrogens with two attached hydrogens (primary N) is 3. The van der Waals surface area contributed by atoms with E-state index in [-0.39, 0.29) is 18.1 Å². The first-order valence-electron chi connectivity index (χ1n) is 38.6. The number of pyridine rings is 3. The normalized spacial score (nSPS) is 15.4. The largest absolute Gasteiger partial charge is 0.382 e. The number of urea groups is 3. The average molecular weight is 1490 g/mol. The van der Waals surface area contributed by atoms with Crippen molar-refractivity contribution >= 4 is 103 Å². The highest BCUT2D eigenvalue weighted by Gasteiger charge is 2.31. The number of hydrogen-bond acceptors (Lipinski definition) is 17. The van der Waals surface area contributed by atoms with Crippen LogP contribution in [0.4, 0.5) is 66.0 Å². The van der Waals surface area contributed by atoms with E-state index in [0.717, 1.165) is 186 Å². The van der Waals surface area contributed by atoms with Gasteiger partial charge in [0.05, 0.1) is 29.4 Å². The molecule has 0 atom stereocenters. The van der Waals surface area contributed by atoms with Gasteiger partial charge in [-0.2, -0.15) is 15.3 Å². The van der Waals surface area contributed by atoms with Gasteiger partial charge < -0.3 is 58.7 Å². The maximum absolute atomic E-state index is 12.6. The molecule has 2 aliphatic heterocycles. The van der Waals surface area contributed by atoms with Crippen LogP contribution in [0.1, 0.15) is 104 Å². The second-order valence-corrected chi connectivity index (χ2v) is 29.7. The van der Waals surface area contributed by atoms with Crippen LogP contribution in [-0.4, -0.2) is 155 Å². The Balaban J connectivity index is 0.000000132. The van der Waals surface area contributed by atoms with Crippen molar-refractivity contribution in [3.05, 3.63) is 198 Å². The van der Waals surface area contributed by atoms with Gasteiger partial charge in [0, 0.05) is 149 Å². The zero-order valence-corrected chi connectivity index (χ0v) is 63.9. The lowest BCUT2D eigenvalue weighted by molar-refractivity contribution is 0.0342. The van der Waals surface area contributed by atoms with Crippen molar-refractivity contribution in [2.45, 2.75) is 89.8 Å². The van der Waals surface area contributed by atoms with Crippen molar-refractivity contribution in [1.82, 2.24) is 63.9 Å². The molecule has 5 aliphatic rings. The van der Waals surface area contributed by atoms with Gasteiger partial charge in [0.25, 0.3) is 0 Å². The van der Waals surface area contributed by atoms with Crippen molar-refractivity contribution in [1.29, 1.82) is 0 Å². The van der Waals surface area contributed by atoms with E-state index >= 15 is 0 Å². The Morgan fingerprint density at radius 2 is 0.676 bits per heavy atom. The van der Waals surface area contributed by atoms with Gasteiger partial charge in [-0.15, -0.1) is 0 Å². The van der Waals surface area contributed by atoms with Crippen LogP contribution in [0.15, 0.2) is 164 Å². The average Bonchev–Trinajstić information content (AvgIpc) is 1.63. The zero-order chi connectivity index (χ0) is 76.8. The lowest BCUT2D eigenvalue weighted by Gasteiger charge is -2.32. The number of nitrogens with one attached hydrogen (secondary N) is 6. The Bertz CT molecular complexity index is 5280. The minimum Gasteiger partial charge on any atom is -0.382 e. The molecular weight excluding hydrogens is 1390 g/mol. The van der Waals surface area contributed by atoms with Crippen LogP contribution in [0.3, 0.4) is 0 Å². The number of nitrogen functional groups attached to an aromatic ring is 3. The number of amides is 6. The second kappa shape index (κ2) is 33.2. The monoisotopic (exact) mass is 1490 g/mol. The molecule has 3 saturated carbocycles. The number of aryl methyl sites for hydroxylation is 3. The first-order valence-corrected chi connectivity index (χ1v) is 38.6. The number of benzene rings is 6. The number of piperazine rings is 1. The predicted octanol–water partition coefficient (Wildman–Crippen LogP) is 14.6. The van der Waals surface area contributed by atoms with Crippen molar-refractivity contribution in [3.63, 3.8) is 0 Å². The van der Waals surface area contributed by atoms with Gasteiger partial charge in [-0.25, -0.2) is 43.4 Å². The number of fused-ring (bicyclic) bond motifs is 3. The highest BCUT2D eigenvalue weighted by atomic mass is 16.5. The fourth-order valence-electron chi connectivity index (χ4n) is 14.5. The highest BCUT2D eigenvalue weighted by molar-refractivity contribution is 6.05. The molecule has 26 heteroatoms. The molecule has 0 unspecified atom stereocenters. The summed E-state index contributed by atoms with van der Waals surface area (Å²) in [5.74, 6) is 2.96. The third-order valence-corrected chi connectivity index (χ3v) is 21.3. The molecule has 17 rings (SSSR count). The quantitative estimate of drug-likeness (QED) is 0.0342. The van der Waals surface area contributed by atoms with E-state index in [4.69, 9.17) is 36.9 Å². The third kappa shape index (κ3) is 18.2. The Labute approximate surface area is 646 Å². The molecular formula is C85H98N22O4. The van der Waals surface area contributed by atoms with Gasteiger partial charge >= 0.3 is 18.1 Å². The van der Waals surface area contributed by atoms with Gasteiger partial charge in [-0.05, 0) is 200 Å². The number of ether oxygens (including phenoxy) is 1. The molecule has 0 spiro atoms. The molecule has 12 N–H and O–H groups in total. The number of carbonyl (C=O) groups excluding carboxylic acids is 3. The number of hydrogen-bond donors (Lipinski definition) is 9. The molecule has 3 aliphatic carbocycles. The summed E-state index contributed by atoms with van der Waals surface area (Å²) in [6.07, 6.45) is 7.01. The minimum atomic E-state index is -0.285. The molecule has 572 valence electrons. The van der Waals surface area contributed by atoms with E-state index in [1.165, 1.54) is 55.2 Å². The number of anilines is 9. The fourth-order valence-corrected chi connectivity index (χ4v) is 14.5.